The molecule has 2 amide bonds. The van der Waals surface area contributed by atoms with Gasteiger partial charge < -0.3 is 19.3 Å². The lowest BCUT2D eigenvalue weighted by atomic mass is 9.85. The molecule has 11 heteroatoms. The molecular weight excluding hydrogens is 431 g/mol. The fraction of sp³-hybridized carbons (Fsp3) is 0.667. The molecule has 0 saturated carbocycles. The van der Waals surface area contributed by atoms with Crippen molar-refractivity contribution in [1.29, 1.82) is 0 Å². The molecule has 2 saturated heterocycles. The van der Waals surface area contributed by atoms with Gasteiger partial charge in [0, 0.05) is 57.0 Å². The van der Waals surface area contributed by atoms with Gasteiger partial charge in [0.25, 0.3) is 0 Å². The van der Waals surface area contributed by atoms with Gasteiger partial charge in [-0.05, 0) is 19.1 Å². The molecule has 1 atom stereocenters. The van der Waals surface area contributed by atoms with Crippen LogP contribution in [0.4, 0.5) is 13.2 Å². The number of carboxylic acids is 1. The van der Waals surface area contributed by atoms with Crippen LogP contribution in [0.5, 0.6) is 0 Å². The van der Waals surface area contributed by atoms with Crippen LogP contribution in [0.1, 0.15) is 33.0 Å². The van der Waals surface area contributed by atoms with Crippen molar-refractivity contribution in [3.8, 4) is 0 Å². The number of aliphatic carboxylic acids is 1. The Labute approximate surface area is 184 Å². The van der Waals surface area contributed by atoms with E-state index < -0.39 is 12.1 Å². The minimum atomic E-state index is -5.08. The Morgan fingerprint density at radius 3 is 2.34 bits per heavy atom. The average Bonchev–Trinajstić information content (AvgIpc) is 3.26. The van der Waals surface area contributed by atoms with Crippen molar-refractivity contribution in [2.75, 3.05) is 39.3 Å². The van der Waals surface area contributed by atoms with Crippen LogP contribution in [0.3, 0.4) is 0 Å². The molecule has 1 aromatic rings. The lowest BCUT2D eigenvalue weighted by Crippen LogP contribution is -2.45. The third kappa shape index (κ3) is 6.72. The predicted molar refractivity (Wildman–Crippen MR) is 108 cm³/mol. The number of carboxylic acid groups (broad SMARTS) is 1. The smallest absolute Gasteiger partial charge is 0.475 e. The Balaban J connectivity index is 0.000000451. The first-order chi connectivity index (χ1) is 14.9. The molecule has 32 heavy (non-hydrogen) atoms. The number of halogens is 3. The molecule has 2 aliphatic heterocycles. The summed E-state index contributed by atoms with van der Waals surface area (Å²) in [5.74, 6) is -1.46. The van der Waals surface area contributed by atoms with Crippen LogP contribution in [0.2, 0.25) is 0 Å². The van der Waals surface area contributed by atoms with Gasteiger partial charge in [-0.15, -0.1) is 0 Å². The normalized spacial score (nSPS) is 22.2. The highest BCUT2D eigenvalue weighted by Gasteiger charge is 2.47. The van der Waals surface area contributed by atoms with E-state index in [1.54, 1.807) is 6.26 Å². The predicted octanol–water partition coefficient (Wildman–Crippen LogP) is 2.45. The van der Waals surface area contributed by atoms with E-state index in [0.717, 1.165) is 38.5 Å². The van der Waals surface area contributed by atoms with Gasteiger partial charge >= 0.3 is 12.1 Å². The molecule has 1 spiro atoms. The van der Waals surface area contributed by atoms with E-state index in [4.69, 9.17) is 14.3 Å². The first-order valence-electron chi connectivity index (χ1n) is 10.5. The van der Waals surface area contributed by atoms with E-state index >= 15 is 0 Å². The van der Waals surface area contributed by atoms with Crippen molar-refractivity contribution in [3.05, 3.63) is 24.2 Å². The Morgan fingerprint density at radius 1 is 1.22 bits per heavy atom. The molecule has 3 rings (SSSR count). The summed E-state index contributed by atoms with van der Waals surface area (Å²) in [7, 11) is 0. The number of rotatable bonds is 4. The molecule has 1 N–H and O–H groups in total. The molecule has 0 bridgehead atoms. The Morgan fingerprint density at radius 2 is 1.88 bits per heavy atom. The number of likely N-dealkylation sites (tertiary alicyclic amines) is 1. The Bertz CT molecular complexity index is 797. The summed E-state index contributed by atoms with van der Waals surface area (Å²) in [6.07, 6.45) is -2.87. The second kappa shape index (κ2) is 10.4. The van der Waals surface area contributed by atoms with Crippen LogP contribution in [0.15, 0.2) is 22.8 Å². The fourth-order valence-electron chi connectivity index (χ4n) is 4.14. The van der Waals surface area contributed by atoms with Gasteiger partial charge in [0.05, 0.1) is 12.8 Å². The number of amides is 2. The van der Waals surface area contributed by atoms with Gasteiger partial charge in [-0.25, -0.2) is 4.79 Å². The third-order valence-electron chi connectivity index (χ3n) is 5.57. The SMILES string of the molecule is CCN1CC2(CC1=O)CN(Cc1ccco1)CCN(C(=O)C(C)C)C2.O=C(O)C(F)(F)F. The Hall–Kier alpha value is -2.56. The summed E-state index contributed by atoms with van der Waals surface area (Å²) in [6, 6.07) is 3.88. The van der Waals surface area contributed by atoms with Gasteiger partial charge in [0.15, 0.2) is 0 Å². The van der Waals surface area contributed by atoms with Gasteiger partial charge in [-0.3, -0.25) is 14.5 Å². The molecule has 180 valence electrons. The van der Waals surface area contributed by atoms with Crippen LogP contribution >= 0.6 is 0 Å². The van der Waals surface area contributed by atoms with Crippen molar-refractivity contribution >= 4 is 17.8 Å². The maximum atomic E-state index is 12.6. The summed E-state index contributed by atoms with van der Waals surface area (Å²) in [5.41, 5.74) is -0.180. The first kappa shape index (κ1) is 25.7. The molecule has 2 aliphatic rings. The standard InChI is InChI=1S/C19H29N3O3.C2HF3O2/c1-4-21-13-19(10-17(21)23)12-20(11-16-6-5-9-25-16)7-8-22(14-19)18(24)15(2)3;3-2(4,5)1(6)7/h5-6,9,15H,4,7-8,10-14H2,1-3H3;(H,6,7). The summed E-state index contributed by atoms with van der Waals surface area (Å²) >= 11 is 0. The zero-order chi connectivity index (χ0) is 24.1. The molecule has 0 aliphatic carbocycles. The van der Waals surface area contributed by atoms with Crippen molar-refractivity contribution in [2.24, 2.45) is 11.3 Å². The first-order valence-corrected chi connectivity index (χ1v) is 10.5. The van der Waals surface area contributed by atoms with Crippen LogP contribution in [-0.2, 0) is 20.9 Å². The molecule has 2 fully saturated rings. The molecule has 8 nitrogen and oxygen atoms in total. The average molecular weight is 461 g/mol. The fourth-order valence-corrected chi connectivity index (χ4v) is 4.14. The largest absolute Gasteiger partial charge is 0.490 e. The minimum Gasteiger partial charge on any atom is -0.475 e. The number of alkyl halides is 3. The summed E-state index contributed by atoms with van der Waals surface area (Å²) in [5, 5.41) is 7.12. The van der Waals surface area contributed by atoms with E-state index in [2.05, 4.69) is 4.90 Å². The highest BCUT2D eigenvalue weighted by atomic mass is 19.4. The van der Waals surface area contributed by atoms with Crippen molar-refractivity contribution < 1.29 is 37.1 Å². The van der Waals surface area contributed by atoms with E-state index in [1.165, 1.54) is 0 Å². The van der Waals surface area contributed by atoms with Crippen LogP contribution in [0.25, 0.3) is 0 Å². The molecule has 1 aromatic heterocycles. The number of carbonyl (C=O) groups excluding carboxylic acids is 2. The molecule has 0 aromatic carbocycles. The van der Waals surface area contributed by atoms with Gasteiger partial charge in [0.1, 0.15) is 5.76 Å². The monoisotopic (exact) mass is 461 g/mol. The maximum Gasteiger partial charge on any atom is 0.490 e. The van der Waals surface area contributed by atoms with E-state index in [-0.39, 0.29) is 23.1 Å². The lowest BCUT2D eigenvalue weighted by molar-refractivity contribution is -0.192. The zero-order valence-electron chi connectivity index (χ0n) is 18.5. The molecule has 1 unspecified atom stereocenters. The second-order valence-corrected chi connectivity index (χ2v) is 8.59. The lowest BCUT2D eigenvalue weighted by Gasteiger charge is -2.34. The van der Waals surface area contributed by atoms with E-state index in [9.17, 15) is 22.8 Å². The van der Waals surface area contributed by atoms with Crippen LogP contribution in [0, 0.1) is 11.3 Å². The van der Waals surface area contributed by atoms with Crippen molar-refractivity contribution in [3.63, 3.8) is 0 Å². The zero-order valence-corrected chi connectivity index (χ0v) is 18.5. The highest BCUT2D eigenvalue weighted by Crippen LogP contribution is 2.35. The van der Waals surface area contributed by atoms with Gasteiger partial charge in [-0.1, -0.05) is 13.8 Å². The maximum absolute atomic E-state index is 12.6. The number of furan rings is 1. The van der Waals surface area contributed by atoms with E-state index in [1.807, 2.05) is 42.7 Å². The van der Waals surface area contributed by atoms with Gasteiger partial charge in [-0.2, -0.15) is 13.2 Å². The molecular formula is C21H30F3N3O5. The van der Waals surface area contributed by atoms with Crippen LogP contribution < -0.4 is 0 Å². The molecule has 3 heterocycles. The van der Waals surface area contributed by atoms with Crippen molar-refractivity contribution in [1.82, 2.24) is 14.7 Å². The number of nitrogens with zero attached hydrogens (tertiary/aromatic N) is 3. The van der Waals surface area contributed by atoms with Gasteiger partial charge in [0.2, 0.25) is 11.8 Å². The second-order valence-electron chi connectivity index (χ2n) is 8.59. The number of carbonyl (C=O) groups is 3. The quantitative estimate of drug-likeness (QED) is 0.740. The van der Waals surface area contributed by atoms with Crippen LogP contribution in [-0.4, -0.2) is 83.0 Å². The topological polar surface area (TPSA) is 94.3 Å². The Kier molecular flexibility index (Phi) is 8.33. The number of hydrogen-bond donors (Lipinski definition) is 1. The highest BCUT2D eigenvalue weighted by molar-refractivity contribution is 5.81. The third-order valence-corrected chi connectivity index (χ3v) is 5.57. The summed E-state index contributed by atoms with van der Waals surface area (Å²) < 4.78 is 37.2. The van der Waals surface area contributed by atoms with E-state index in [0.29, 0.717) is 19.5 Å². The summed E-state index contributed by atoms with van der Waals surface area (Å²) in [6.45, 7) is 11.1. The minimum absolute atomic E-state index is 0.0203. The van der Waals surface area contributed by atoms with Crippen molar-refractivity contribution in [2.45, 2.75) is 39.9 Å². The molecule has 0 radical (unpaired) electrons. The summed E-state index contributed by atoms with van der Waals surface area (Å²) in [4.78, 5) is 40.2. The number of hydrogen-bond acceptors (Lipinski definition) is 5.